The van der Waals surface area contributed by atoms with Gasteiger partial charge < -0.3 is 5.73 Å². The summed E-state index contributed by atoms with van der Waals surface area (Å²) in [5.74, 6) is -0.196. The molecular formula is C8H16N2O. The van der Waals surface area contributed by atoms with Gasteiger partial charge in [-0.2, -0.15) is 0 Å². The Morgan fingerprint density at radius 3 is 2.36 bits per heavy atom. The van der Waals surface area contributed by atoms with Gasteiger partial charge in [0.2, 0.25) is 5.91 Å². The molecule has 0 aromatic rings. The molecule has 11 heavy (non-hydrogen) atoms. The molecule has 1 unspecified atom stereocenters. The summed E-state index contributed by atoms with van der Waals surface area (Å²) in [6, 6.07) is -0.0509. The number of hydrogen-bond donors (Lipinski definition) is 1. The van der Waals surface area contributed by atoms with Crippen LogP contribution in [0.25, 0.3) is 0 Å². The maximum atomic E-state index is 10.9. The fraction of sp³-hybridized carbons (Fsp3) is 0.875. The molecule has 1 rings (SSSR count). The monoisotopic (exact) mass is 156 g/mol. The number of amides is 1. The number of primary amides is 1. The van der Waals surface area contributed by atoms with Crippen LogP contribution in [0.1, 0.15) is 20.3 Å². The second-order valence-electron chi connectivity index (χ2n) is 4.20. The Morgan fingerprint density at radius 2 is 2.18 bits per heavy atom. The molecule has 64 valence electrons. The maximum Gasteiger partial charge on any atom is 0.234 e. The molecule has 0 aromatic heterocycles. The van der Waals surface area contributed by atoms with Gasteiger partial charge in [-0.1, -0.05) is 13.8 Å². The lowest BCUT2D eigenvalue weighted by Crippen LogP contribution is -2.37. The third-order valence-corrected chi connectivity index (χ3v) is 2.28. The van der Waals surface area contributed by atoms with Gasteiger partial charge in [0.15, 0.2) is 0 Å². The standard InChI is InChI=1S/C8H16N2O/c1-8(2)4-6(7(9)11)10(3)5-8/h6H,4-5H2,1-3H3,(H2,9,11). The molecule has 1 aliphatic heterocycles. The molecule has 0 radical (unpaired) electrons. The average molecular weight is 156 g/mol. The Balaban J connectivity index is 2.66. The smallest absolute Gasteiger partial charge is 0.234 e. The SMILES string of the molecule is CN1CC(C)(C)CC1C(N)=O. The van der Waals surface area contributed by atoms with Crippen LogP contribution in [0.5, 0.6) is 0 Å². The molecule has 1 fully saturated rings. The molecule has 1 saturated heterocycles. The lowest BCUT2D eigenvalue weighted by atomic mass is 9.90. The highest BCUT2D eigenvalue weighted by molar-refractivity contribution is 5.80. The van der Waals surface area contributed by atoms with Crippen LogP contribution in [-0.2, 0) is 4.79 Å². The van der Waals surface area contributed by atoms with Crippen LogP contribution in [0.3, 0.4) is 0 Å². The highest BCUT2D eigenvalue weighted by atomic mass is 16.1. The zero-order valence-electron chi connectivity index (χ0n) is 7.42. The minimum atomic E-state index is -0.196. The minimum absolute atomic E-state index is 0.0509. The van der Waals surface area contributed by atoms with Crippen LogP contribution in [0.15, 0.2) is 0 Å². The van der Waals surface area contributed by atoms with Crippen molar-refractivity contribution in [1.29, 1.82) is 0 Å². The quantitative estimate of drug-likeness (QED) is 0.589. The summed E-state index contributed by atoms with van der Waals surface area (Å²) in [7, 11) is 1.95. The summed E-state index contributed by atoms with van der Waals surface area (Å²) in [5.41, 5.74) is 5.47. The van der Waals surface area contributed by atoms with Crippen molar-refractivity contribution in [2.75, 3.05) is 13.6 Å². The van der Waals surface area contributed by atoms with Gasteiger partial charge >= 0.3 is 0 Å². The van der Waals surface area contributed by atoms with E-state index in [0.29, 0.717) is 0 Å². The fourth-order valence-corrected chi connectivity index (χ4v) is 1.85. The third kappa shape index (κ3) is 1.71. The fourth-order valence-electron chi connectivity index (χ4n) is 1.85. The average Bonchev–Trinajstić information content (AvgIpc) is 2.05. The molecule has 0 spiro atoms. The third-order valence-electron chi connectivity index (χ3n) is 2.28. The van der Waals surface area contributed by atoms with E-state index in [0.717, 1.165) is 13.0 Å². The van der Waals surface area contributed by atoms with Gasteiger partial charge in [0.1, 0.15) is 0 Å². The van der Waals surface area contributed by atoms with Crippen LogP contribution in [0.4, 0.5) is 0 Å². The summed E-state index contributed by atoms with van der Waals surface area (Å²) in [5, 5.41) is 0. The molecule has 0 bridgehead atoms. The van der Waals surface area contributed by atoms with Gasteiger partial charge in [0.05, 0.1) is 6.04 Å². The molecular weight excluding hydrogens is 140 g/mol. The maximum absolute atomic E-state index is 10.9. The second kappa shape index (κ2) is 2.48. The van der Waals surface area contributed by atoms with Crippen molar-refractivity contribution in [1.82, 2.24) is 4.90 Å². The molecule has 1 atom stereocenters. The largest absolute Gasteiger partial charge is 0.368 e. The lowest BCUT2D eigenvalue weighted by molar-refractivity contribution is -0.121. The van der Waals surface area contributed by atoms with Crippen molar-refractivity contribution in [3.63, 3.8) is 0 Å². The minimum Gasteiger partial charge on any atom is -0.368 e. The summed E-state index contributed by atoms with van der Waals surface area (Å²) < 4.78 is 0. The van der Waals surface area contributed by atoms with E-state index in [-0.39, 0.29) is 17.4 Å². The topological polar surface area (TPSA) is 46.3 Å². The van der Waals surface area contributed by atoms with Crippen molar-refractivity contribution < 1.29 is 4.79 Å². The van der Waals surface area contributed by atoms with Crippen LogP contribution in [-0.4, -0.2) is 30.4 Å². The number of nitrogens with zero attached hydrogens (tertiary/aromatic N) is 1. The van der Waals surface area contributed by atoms with Crippen molar-refractivity contribution in [2.45, 2.75) is 26.3 Å². The molecule has 0 saturated carbocycles. The Labute approximate surface area is 67.5 Å². The Morgan fingerprint density at radius 1 is 1.64 bits per heavy atom. The first-order valence-corrected chi connectivity index (χ1v) is 3.92. The van der Waals surface area contributed by atoms with E-state index in [1.165, 1.54) is 0 Å². The first-order valence-electron chi connectivity index (χ1n) is 3.92. The number of carbonyl (C=O) groups is 1. The molecule has 3 heteroatoms. The van der Waals surface area contributed by atoms with Crippen molar-refractivity contribution >= 4 is 5.91 Å². The summed E-state index contributed by atoms with van der Waals surface area (Å²) in [4.78, 5) is 12.9. The predicted molar refractivity (Wildman–Crippen MR) is 44.0 cm³/mol. The van der Waals surface area contributed by atoms with Gasteiger partial charge in [0.25, 0.3) is 0 Å². The molecule has 1 heterocycles. The number of likely N-dealkylation sites (N-methyl/N-ethyl adjacent to an activating group) is 1. The van der Waals surface area contributed by atoms with E-state index in [1.54, 1.807) is 0 Å². The molecule has 2 N–H and O–H groups in total. The van der Waals surface area contributed by atoms with E-state index in [4.69, 9.17) is 5.73 Å². The van der Waals surface area contributed by atoms with E-state index >= 15 is 0 Å². The number of carbonyl (C=O) groups excluding carboxylic acids is 1. The van der Waals surface area contributed by atoms with E-state index in [9.17, 15) is 4.79 Å². The van der Waals surface area contributed by atoms with Crippen LogP contribution in [0.2, 0.25) is 0 Å². The number of nitrogens with two attached hydrogens (primary N) is 1. The zero-order valence-corrected chi connectivity index (χ0v) is 7.42. The Hall–Kier alpha value is -0.570. The molecule has 0 aromatic carbocycles. The van der Waals surface area contributed by atoms with Gasteiger partial charge in [-0.3, -0.25) is 9.69 Å². The van der Waals surface area contributed by atoms with Crippen LogP contribution < -0.4 is 5.73 Å². The number of likely N-dealkylation sites (tertiary alicyclic amines) is 1. The predicted octanol–water partition coefficient (Wildman–Crippen LogP) is 0.202. The highest BCUT2D eigenvalue weighted by Gasteiger charge is 2.37. The Kier molecular flexibility index (Phi) is 1.92. The highest BCUT2D eigenvalue weighted by Crippen LogP contribution is 2.32. The van der Waals surface area contributed by atoms with Crippen molar-refractivity contribution in [3.05, 3.63) is 0 Å². The summed E-state index contributed by atoms with van der Waals surface area (Å²) in [6.07, 6.45) is 0.888. The van der Waals surface area contributed by atoms with E-state index in [1.807, 2.05) is 11.9 Å². The molecule has 0 aliphatic carbocycles. The molecule has 1 amide bonds. The normalized spacial score (nSPS) is 30.6. The van der Waals surface area contributed by atoms with Crippen LogP contribution in [0, 0.1) is 5.41 Å². The van der Waals surface area contributed by atoms with E-state index < -0.39 is 0 Å². The van der Waals surface area contributed by atoms with Crippen molar-refractivity contribution in [2.24, 2.45) is 11.1 Å². The number of hydrogen-bond acceptors (Lipinski definition) is 2. The van der Waals surface area contributed by atoms with E-state index in [2.05, 4.69) is 13.8 Å². The molecule has 3 nitrogen and oxygen atoms in total. The Bertz CT molecular complexity index is 177. The van der Waals surface area contributed by atoms with Gasteiger partial charge in [-0.15, -0.1) is 0 Å². The zero-order chi connectivity index (χ0) is 8.65. The first-order chi connectivity index (χ1) is 4.92. The second-order valence-corrected chi connectivity index (χ2v) is 4.20. The molecule has 1 aliphatic rings. The number of rotatable bonds is 1. The summed E-state index contributed by atoms with van der Waals surface area (Å²) in [6.45, 7) is 5.28. The van der Waals surface area contributed by atoms with Gasteiger partial charge in [-0.05, 0) is 18.9 Å². The van der Waals surface area contributed by atoms with Crippen LogP contribution >= 0.6 is 0 Å². The van der Waals surface area contributed by atoms with Gasteiger partial charge in [-0.25, -0.2) is 0 Å². The lowest BCUT2D eigenvalue weighted by Gasteiger charge is -2.15. The summed E-state index contributed by atoms with van der Waals surface area (Å²) >= 11 is 0. The van der Waals surface area contributed by atoms with Crippen molar-refractivity contribution in [3.8, 4) is 0 Å². The van der Waals surface area contributed by atoms with Gasteiger partial charge in [0, 0.05) is 6.54 Å². The first kappa shape index (κ1) is 8.53.